The Hall–Kier alpha value is -0.860. The lowest BCUT2D eigenvalue weighted by molar-refractivity contribution is 0.0310. The van der Waals surface area contributed by atoms with Gasteiger partial charge in [0.15, 0.2) is 0 Å². The summed E-state index contributed by atoms with van der Waals surface area (Å²) < 4.78 is 5.92. The smallest absolute Gasteiger partial charge is 0.0720 e. The maximum absolute atomic E-state index is 5.92. The van der Waals surface area contributed by atoms with Gasteiger partial charge >= 0.3 is 0 Å². The van der Waals surface area contributed by atoms with E-state index in [0.717, 1.165) is 13.0 Å². The summed E-state index contributed by atoms with van der Waals surface area (Å²) in [5.41, 5.74) is 1.27. The van der Waals surface area contributed by atoms with Crippen LogP contribution in [0.3, 0.4) is 0 Å². The van der Waals surface area contributed by atoms with Crippen molar-refractivity contribution in [2.75, 3.05) is 0 Å². The average Bonchev–Trinajstić information content (AvgIpc) is 2.35. The lowest BCUT2D eigenvalue weighted by Gasteiger charge is -2.15. The van der Waals surface area contributed by atoms with Gasteiger partial charge in [0.05, 0.1) is 12.7 Å². The summed E-state index contributed by atoms with van der Waals surface area (Å²) in [4.78, 5) is 0. The van der Waals surface area contributed by atoms with E-state index in [1.54, 1.807) is 0 Å². The average molecular weight is 237 g/mol. The van der Waals surface area contributed by atoms with Gasteiger partial charge in [-0.3, -0.25) is 0 Å². The monoisotopic (exact) mass is 237 g/mol. The third-order valence-corrected chi connectivity index (χ3v) is 2.91. The molecule has 0 aliphatic carbocycles. The van der Waals surface area contributed by atoms with Crippen LogP contribution in [0.1, 0.15) is 51.5 Å². The first-order chi connectivity index (χ1) is 7.86. The molecule has 1 aromatic carbocycles. The van der Waals surface area contributed by atoms with Gasteiger partial charge in [0.2, 0.25) is 0 Å². The van der Waals surface area contributed by atoms with Gasteiger partial charge in [-0.2, -0.15) is 0 Å². The third kappa shape index (κ3) is 7.14. The molecule has 17 heavy (non-hydrogen) atoms. The molecule has 0 aliphatic heterocycles. The van der Waals surface area contributed by atoms with Crippen molar-refractivity contribution in [3.63, 3.8) is 0 Å². The van der Waals surface area contributed by atoms with E-state index in [1.165, 1.54) is 31.2 Å². The summed E-state index contributed by atoms with van der Waals surface area (Å²) in [6.45, 7) is 5.21. The van der Waals surface area contributed by atoms with Crippen LogP contribution >= 0.6 is 0 Å². The molecule has 0 aromatic heterocycles. The second-order valence-electron chi connectivity index (χ2n) is 4.32. The summed E-state index contributed by atoms with van der Waals surface area (Å²) in [6.07, 6.45) is 6.67. The van der Waals surface area contributed by atoms with Crippen LogP contribution in [0.25, 0.3) is 0 Å². The number of ether oxygens (including phenoxy) is 1. The minimum absolute atomic E-state index is 0. The SMILES string of the molecule is CCCCCC(CC)OCc1ccccc1.N. The van der Waals surface area contributed by atoms with Crippen molar-refractivity contribution in [1.29, 1.82) is 0 Å². The van der Waals surface area contributed by atoms with Crippen molar-refractivity contribution in [3.05, 3.63) is 35.9 Å². The Morgan fingerprint density at radius 1 is 1.06 bits per heavy atom. The highest BCUT2D eigenvalue weighted by molar-refractivity contribution is 5.13. The van der Waals surface area contributed by atoms with Gasteiger partial charge in [0, 0.05) is 0 Å². The van der Waals surface area contributed by atoms with E-state index < -0.39 is 0 Å². The number of unbranched alkanes of at least 4 members (excludes halogenated alkanes) is 2. The molecule has 0 aliphatic rings. The first kappa shape index (κ1) is 16.1. The van der Waals surface area contributed by atoms with Gasteiger partial charge in [-0.25, -0.2) is 0 Å². The van der Waals surface area contributed by atoms with E-state index in [0.29, 0.717) is 6.10 Å². The molecule has 1 aromatic rings. The molecule has 98 valence electrons. The minimum Gasteiger partial charge on any atom is -0.374 e. The highest BCUT2D eigenvalue weighted by Crippen LogP contribution is 2.12. The van der Waals surface area contributed by atoms with E-state index >= 15 is 0 Å². The van der Waals surface area contributed by atoms with E-state index in [1.807, 2.05) is 6.07 Å². The van der Waals surface area contributed by atoms with Crippen LogP contribution in [0, 0.1) is 0 Å². The zero-order valence-corrected chi connectivity index (χ0v) is 11.3. The molecular weight excluding hydrogens is 210 g/mol. The van der Waals surface area contributed by atoms with Crippen LogP contribution in [0.4, 0.5) is 0 Å². The zero-order chi connectivity index (χ0) is 11.6. The molecule has 1 atom stereocenters. The van der Waals surface area contributed by atoms with Crippen molar-refractivity contribution in [2.24, 2.45) is 0 Å². The standard InChI is InChI=1S/C15H24O.H3N/c1-3-5-7-12-15(4-2)16-13-14-10-8-6-9-11-14;/h6,8-11,15H,3-5,7,12-13H2,1-2H3;1H3. The largest absolute Gasteiger partial charge is 0.374 e. The molecule has 0 saturated carbocycles. The topological polar surface area (TPSA) is 44.2 Å². The Balaban J connectivity index is 0.00000256. The number of benzene rings is 1. The van der Waals surface area contributed by atoms with Gasteiger partial charge in [-0.15, -0.1) is 0 Å². The predicted molar refractivity (Wildman–Crippen MR) is 74.5 cm³/mol. The van der Waals surface area contributed by atoms with E-state index in [4.69, 9.17) is 4.74 Å². The van der Waals surface area contributed by atoms with Gasteiger partial charge in [0.25, 0.3) is 0 Å². The second kappa shape index (κ2) is 10.3. The third-order valence-electron chi connectivity index (χ3n) is 2.91. The zero-order valence-electron chi connectivity index (χ0n) is 11.3. The molecule has 2 heteroatoms. The molecule has 0 spiro atoms. The molecule has 0 heterocycles. The van der Waals surface area contributed by atoms with Crippen molar-refractivity contribution < 1.29 is 4.74 Å². The highest BCUT2D eigenvalue weighted by Gasteiger charge is 2.05. The predicted octanol–water partition coefficient (Wildman–Crippen LogP) is 4.72. The van der Waals surface area contributed by atoms with Crippen molar-refractivity contribution in [1.82, 2.24) is 6.15 Å². The summed E-state index contributed by atoms with van der Waals surface area (Å²) in [5, 5.41) is 0. The fourth-order valence-electron chi connectivity index (χ4n) is 1.82. The molecule has 1 unspecified atom stereocenters. The molecule has 1 rings (SSSR count). The maximum atomic E-state index is 5.92. The Morgan fingerprint density at radius 3 is 2.35 bits per heavy atom. The first-order valence-electron chi connectivity index (χ1n) is 6.52. The molecule has 2 nitrogen and oxygen atoms in total. The summed E-state index contributed by atoms with van der Waals surface area (Å²) in [5.74, 6) is 0. The van der Waals surface area contributed by atoms with Crippen LogP contribution in [0.2, 0.25) is 0 Å². The van der Waals surface area contributed by atoms with Crippen LogP contribution in [-0.4, -0.2) is 6.10 Å². The minimum atomic E-state index is 0. The Kier molecular flexibility index (Phi) is 9.78. The Labute approximate surface area is 106 Å². The van der Waals surface area contributed by atoms with E-state index in [9.17, 15) is 0 Å². The van der Waals surface area contributed by atoms with Gasteiger partial charge in [0.1, 0.15) is 0 Å². The van der Waals surface area contributed by atoms with Gasteiger partial charge < -0.3 is 10.9 Å². The summed E-state index contributed by atoms with van der Waals surface area (Å²) in [7, 11) is 0. The van der Waals surface area contributed by atoms with Crippen LogP contribution in [0.5, 0.6) is 0 Å². The van der Waals surface area contributed by atoms with Crippen LogP contribution < -0.4 is 6.15 Å². The lowest BCUT2D eigenvalue weighted by atomic mass is 10.1. The maximum Gasteiger partial charge on any atom is 0.0720 e. The number of rotatable bonds is 8. The van der Waals surface area contributed by atoms with Crippen LogP contribution in [0.15, 0.2) is 30.3 Å². The van der Waals surface area contributed by atoms with Crippen molar-refractivity contribution in [3.8, 4) is 0 Å². The first-order valence-corrected chi connectivity index (χ1v) is 6.52. The lowest BCUT2D eigenvalue weighted by Crippen LogP contribution is -2.11. The van der Waals surface area contributed by atoms with Crippen molar-refractivity contribution in [2.45, 2.75) is 58.7 Å². The van der Waals surface area contributed by atoms with Crippen molar-refractivity contribution >= 4 is 0 Å². The molecule has 0 saturated heterocycles. The Morgan fingerprint density at radius 2 is 1.76 bits per heavy atom. The van der Waals surface area contributed by atoms with E-state index in [2.05, 4.69) is 38.1 Å². The van der Waals surface area contributed by atoms with Gasteiger partial charge in [-0.1, -0.05) is 63.4 Å². The number of hydrogen-bond donors (Lipinski definition) is 1. The quantitative estimate of drug-likeness (QED) is 0.665. The Bertz CT molecular complexity index is 261. The van der Waals surface area contributed by atoms with Gasteiger partial charge in [-0.05, 0) is 18.4 Å². The molecule has 0 fully saturated rings. The van der Waals surface area contributed by atoms with E-state index in [-0.39, 0.29) is 6.15 Å². The van der Waals surface area contributed by atoms with Crippen LogP contribution in [-0.2, 0) is 11.3 Å². The normalized spacial score (nSPS) is 11.9. The molecule has 0 amide bonds. The summed E-state index contributed by atoms with van der Waals surface area (Å²) in [6, 6.07) is 10.4. The molecule has 3 N–H and O–H groups in total. The molecule has 0 bridgehead atoms. The molecule has 0 radical (unpaired) electrons. The summed E-state index contributed by atoms with van der Waals surface area (Å²) >= 11 is 0. The fourth-order valence-corrected chi connectivity index (χ4v) is 1.82. The number of hydrogen-bond acceptors (Lipinski definition) is 2. The highest BCUT2D eigenvalue weighted by atomic mass is 16.5. The molecular formula is C15H27NO. The fraction of sp³-hybridized carbons (Fsp3) is 0.600. The second-order valence-corrected chi connectivity index (χ2v) is 4.32.